The van der Waals surface area contributed by atoms with E-state index in [0.717, 1.165) is 28.2 Å². The van der Waals surface area contributed by atoms with Crippen LogP contribution in [0.2, 0.25) is 0 Å². The van der Waals surface area contributed by atoms with Crippen LogP contribution in [0.15, 0.2) is 69.9 Å². The molecule has 3 aromatic heterocycles. The van der Waals surface area contributed by atoms with Gasteiger partial charge in [0.2, 0.25) is 0 Å². The highest BCUT2D eigenvalue weighted by Crippen LogP contribution is 2.30. The van der Waals surface area contributed by atoms with Crippen molar-refractivity contribution in [3.05, 3.63) is 71.0 Å². The van der Waals surface area contributed by atoms with Crippen LogP contribution in [0.1, 0.15) is 5.56 Å². The second kappa shape index (κ2) is 5.89. The maximum absolute atomic E-state index is 5.42. The second-order valence-corrected chi connectivity index (χ2v) is 5.85. The highest BCUT2D eigenvalue weighted by molar-refractivity contribution is 9.10. The highest BCUT2D eigenvalue weighted by atomic mass is 79.9. The van der Waals surface area contributed by atoms with Gasteiger partial charge in [0.1, 0.15) is 11.5 Å². The Morgan fingerprint density at radius 1 is 1.09 bits per heavy atom. The number of anilines is 1. The minimum atomic E-state index is 0.709. The topological polar surface area (TPSA) is 55.4 Å². The van der Waals surface area contributed by atoms with Crippen LogP contribution >= 0.6 is 15.9 Å². The Balaban J connectivity index is 1.64. The van der Waals surface area contributed by atoms with Gasteiger partial charge in [0, 0.05) is 12.7 Å². The number of hydrogen-bond donors (Lipinski definition) is 1. The molecule has 1 aromatic carbocycles. The van der Waals surface area contributed by atoms with Crippen molar-refractivity contribution in [1.82, 2.24) is 14.6 Å². The van der Waals surface area contributed by atoms with Crippen LogP contribution in [0.5, 0.6) is 0 Å². The van der Waals surface area contributed by atoms with Gasteiger partial charge in [-0.15, -0.1) is 0 Å². The first kappa shape index (κ1) is 14.0. The lowest BCUT2D eigenvalue weighted by molar-refractivity contribution is 0.579. The van der Waals surface area contributed by atoms with E-state index in [0.29, 0.717) is 5.76 Å². The molecule has 0 radical (unpaired) electrons. The summed E-state index contributed by atoms with van der Waals surface area (Å²) in [4.78, 5) is 4.62. The summed E-state index contributed by atoms with van der Waals surface area (Å²) in [7, 11) is 0. The zero-order valence-corrected chi connectivity index (χ0v) is 13.7. The molecule has 0 unspecified atom stereocenters. The fraction of sp³-hybridized carbons (Fsp3) is 0.0588. The molecule has 0 spiro atoms. The molecular weight excluding hydrogens is 356 g/mol. The van der Waals surface area contributed by atoms with Gasteiger partial charge in [-0.3, -0.25) is 0 Å². The van der Waals surface area contributed by atoms with Gasteiger partial charge in [0.25, 0.3) is 0 Å². The van der Waals surface area contributed by atoms with E-state index in [-0.39, 0.29) is 0 Å². The Labute approximate surface area is 141 Å². The summed E-state index contributed by atoms with van der Waals surface area (Å²) in [6.45, 7) is 0.723. The molecule has 5 nitrogen and oxygen atoms in total. The van der Waals surface area contributed by atoms with Gasteiger partial charge in [0.15, 0.2) is 11.4 Å². The van der Waals surface area contributed by atoms with Crippen LogP contribution in [0.25, 0.3) is 17.1 Å². The van der Waals surface area contributed by atoms with Gasteiger partial charge >= 0.3 is 0 Å². The maximum atomic E-state index is 5.42. The predicted molar refractivity (Wildman–Crippen MR) is 92.2 cm³/mol. The molecule has 6 heteroatoms. The quantitative estimate of drug-likeness (QED) is 0.581. The van der Waals surface area contributed by atoms with Gasteiger partial charge in [-0.1, -0.05) is 30.3 Å². The Morgan fingerprint density at radius 2 is 1.96 bits per heavy atom. The monoisotopic (exact) mass is 368 g/mol. The Bertz CT molecular complexity index is 932. The van der Waals surface area contributed by atoms with Gasteiger partial charge in [-0.25, -0.2) is 9.50 Å². The standard InChI is InChI=1S/C17H13BrN4O/c18-15-16(13-7-4-10-23-13)21-22-9-8-14(20-17(15)22)19-11-12-5-2-1-3-6-12/h1-10H,11H2,(H,19,20). The third-order valence-corrected chi connectivity index (χ3v) is 4.23. The van der Waals surface area contributed by atoms with E-state index in [1.807, 2.05) is 42.6 Å². The van der Waals surface area contributed by atoms with Crippen molar-refractivity contribution >= 4 is 27.4 Å². The van der Waals surface area contributed by atoms with Gasteiger partial charge in [0.05, 0.1) is 10.7 Å². The summed E-state index contributed by atoms with van der Waals surface area (Å²) >= 11 is 3.57. The van der Waals surface area contributed by atoms with Crippen LogP contribution in [-0.2, 0) is 6.54 Å². The fourth-order valence-corrected chi connectivity index (χ4v) is 2.90. The summed E-state index contributed by atoms with van der Waals surface area (Å²) in [5, 5.41) is 7.83. The second-order valence-electron chi connectivity index (χ2n) is 5.06. The summed E-state index contributed by atoms with van der Waals surface area (Å²) in [5.74, 6) is 1.51. The molecule has 0 aliphatic carbocycles. The lowest BCUT2D eigenvalue weighted by Gasteiger charge is -2.05. The van der Waals surface area contributed by atoms with Crippen molar-refractivity contribution in [3.8, 4) is 11.5 Å². The third-order valence-electron chi connectivity index (χ3n) is 3.50. The van der Waals surface area contributed by atoms with Crippen LogP contribution < -0.4 is 5.32 Å². The lowest BCUT2D eigenvalue weighted by atomic mass is 10.2. The van der Waals surface area contributed by atoms with Crippen molar-refractivity contribution in [2.75, 3.05) is 5.32 Å². The third kappa shape index (κ3) is 2.73. The average Bonchev–Trinajstić information content (AvgIpc) is 3.22. The Morgan fingerprint density at radius 3 is 2.74 bits per heavy atom. The largest absolute Gasteiger partial charge is 0.463 e. The zero-order chi connectivity index (χ0) is 15.6. The minimum Gasteiger partial charge on any atom is -0.463 e. The summed E-state index contributed by atoms with van der Waals surface area (Å²) < 4.78 is 7.96. The van der Waals surface area contributed by atoms with E-state index in [1.165, 1.54) is 5.56 Å². The number of nitrogens with one attached hydrogen (secondary N) is 1. The van der Waals surface area contributed by atoms with Gasteiger partial charge in [-0.05, 0) is 39.7 Å². The number of aromatic nitrogens is 3. The maximum Gasteiger partial charge on any atom is 0.172 e. The minimum absolute atomic E-state index is 0.709. The van der Waals surface area contributed by atoms with Gasteiger partial charge < -0.3 is 9.73 Å². The zero-order valence-electron chi connectivity index (χ0n) is 12.1. The average molecular weight is 369 g/mol. The first-order chi connectivity index (χ1) is 11.3. The molecular formula is C17H13BrN4O. The lowest BCUT2D eigenvalue weighted by Crippen LogP contribution is -2.02. The summed E-state index contributed by atoms with van der Waals surface area (Å²) in [6, 6.07) is 15.8. The normalized spacial score (nSPS) is 11.0. The molecule has 0 aliphatic heterocycles. The highest BCUT2D eigenvalue weighted by Gasteiger charge is 2.15. The van der Waals surface area contributed by atoms with E-state index in [1.54, 1.807) is 10.8 Å². The molecule has 0 saturated heterocycles. The van der Waals surface area contributed by atoms with E-state index in [4.69, 9.17) is 4.42 Å². The SMILES string of the molecule is Brc1c(-c2ccco2)nn2ccc(NCc3ccccc3)nc12. The molecule has 4 rings (SSSR count). The molecule has 0 amide bonds. The van der Waals surface area contributed by atoms with Crippen molar-refractivity contribution < 1.29 is 4.42 Å². The number of furan rings is 1. The van der Waals surface area contributed by atoms with E-state index in [2.05, 4.69) is 43.5 Å². The molecule has 1 N–H and O–H groups in total. The van der Waals surface area contributed by atoms with E-state index in [9.17, 15) is 0 Å². The van der Waals surface area contributed by atoms with Crippen molar-refractivity contribution in [2.45, 2.75) is 6.54 Å². The number of hydrogen-bond acceptors (Lipinski definition) is 4. The molecule has 0 saturated carbocycles. The predicted octanol–water partition coefficient (Wildman–Crippen LogP) is 4.36. The van der Waals surface area contributed by atoms with Crippen molar-refractivity contribution in [1.29, 1.82) is 0 Å². The summed E-state index contributed by atoms with van der Waals surface area (Å²) in [6.07, 6.45) is 3.51. The molecule has 0 bridgehead atoms. The molecule has 4 aromatic rings. The Hall–Kier alpha value is -2.60. The molecule has 0 aliphatic rings. The molecule has 3 heterocycles. The van der Waals surface area contributed by atoms with Crippen LogP contribution in [0.4, 0.5) is 5.82 Å². The van der Waals surface area contributed by atoms with E-state index < -0.39 is 0 Å². The smallest absolute Gasteiger partial charge is 0.172 e. The van der Waals surface area contributed by atoms with Crippen LogP contribution in [0.3, 0.4) is 0 Å². The van der Waals surface area contributed by atoms with Crippen LogP contribution in [-0.4, -0.2) is 14.6 Å². The number of fused-ring (bicyclic) bond motifs is 1. The number of benzene rings is 1. The number of rotatable bonds is 4. The van der Waals surface area contributed by atoms with Crippen LogP contribution in [0, 0.1) is 0 Å². The van der Waals surface area contributed by atoms with E-state index >= 15 is 0 Å². The molecule has 23 heavy (non-hydrogen) atoms. The Kier molecular flexibility index (Phi) is 3.59. The first-order valence-electron chi connectivity index (χ1n) is 7.18. The molecule has 0 fully saturated rings. The first-order valence-corrected chi connectivity index (χ1v) is 7.97. The number of nitrogens with zero attached hydrogens (tertiary/aromatic N) is 3. The molecule has 114 valence electrons. The van der Waals surface area contributed by atoms with Crippen molar-refractivity contribution in [2.24, 2.45) is 0 Å². The molecule has 0 atom stereocenters. The van der Waals surface area contributed by atoms with Crippen molar-refractivity contribution in [3.63, 3.8) is 0 Å². The van der Waals surface area contributed by atoms with Gasteiger partial charge in [-0.2, -0.15) is 5.10 Å². The fourth-order valence-electron chi connectivity index (χ4n) is 2.36. The number of halogens is 1. The summed E-state index contributed by atoms with van der Waals surface area (Å²) in [5.41, 5.74) is 2.69.